The van der Waals surface area contributed by atoms with Gasteiger partial charge in [-0.05, 0) is 56.2 Å². The van der Waals surface area contributed by atoms with E-state index < -0.39 is 0 Å². The van der Waals surface area contributed by atoms with Crippen LogP contribution in [0.2, 0.25) is 0 Å². The average Bonchev–Trinajstić information content (AvgIpc) is 2.53. The fraction of sp³-hybridized carbons (Fsp3) is 0.667. The Morgan fingerprint density at radius 3 is 2.20 bits per heavy atom. The molecule has 0 amide bonds. The predicted molar refractivity (Wildman–Crippen MR) is 84.9 cm³/mol. The Morgan fingerprint density at radius 1 is 1.05 bits per heavy atom. The summed E-state index contributed by atoms with van der Waals surface area (Å²) in [7, 11) is 0. The highest BCUT2D eigenvalue weighted by Gasteiger charge is 2.27. The maximum absolute atomic E-state index is 10.4. The van der Waals surface area contributed by atoms with Gasteiger partial charge in [-0.1, -0.05) is 44.2 Å². The fourth-order valence-electron chi connectivity index (χ4n) is 3.46. The van der Waals surface area contributed by atoms with Crippen LogP contribution in [-0.2, 0) is 0 Å². The molecule has 1 aromatic carbocycles. The molecule has 1 aliphatic rings. The molecule has 2 heteroatoms. The van der Waals surface area contributed by atoms with Crippen molar-refractivity contribution in [3.8, 4) is 0 Å². The number of rotatable bonds is 6. The van der Waals surface area contributed by atoms with Crippen LogP contribution in [0.25, 0.3) is 0 Å². The molecule has 2 rings (SSSR count). The Balaban J connectivity index is 1.82. The molecule has 1 aliphatic carbocycles. The van der Waals surface area contributed by atoms with Crippen LogP contribution in [0, 0.1) is 5.92 Å². The summed E-state index contributed by atoms with van der Waals surface area (Å²) in [6.45, 7) is 7.25. The second kappa shape index (κ2) is 7.80. The van der Waals surface area contributed by atoms with Gasteiger partial charge in [-0.2, -0.15) is 0 Å². The molecule has 1 atom stereocenters. The van der Waals surface area contributed by atoms with Crippen LogP contribution in [0.3, 0.4) is 0 Å². The second-order valence-corrected chi connectivity index (χ2v) is 6.08. The number of likely N-dealkylation sites (N-methyl/N-ethyl adjacent to an activating group) is 1. The predicted octanol–water partition coefficient (Wildman–Crippen LogP) is 3.66. The molecule has 0 heterocycles. The minimum atomic E-state index is -0.147. The lowest BCUT2D eigenvalue weighted by atomic mass is 9.76. The van der Waals surface area contributed by atoms with Gasteiger partial charge in [0.25, 0.3) is 0 Å². The van der Waals surface area contributed by atoms with Crippen molar-refractivity contribution in [1.82, 2.24) is 4.90 Å². The first-order valence-corrected chi connectivity index (χ1v) is 8.20. The van der Waals surface area contributed by atoms with Gasteiger partial charge in [0.05, 0.1) is 6.10 Å². The number of benzene rings is 1. The van der Waals surface area contributed by atoms with Gasteiger partial charge in [-0.3, -0.25) is 0 Å². The number of aliphatic hydroxyl groups excluding tert-OH is 1. The first kappa shape index (κ1) is 15.5. The third-order valence-corrected chi connectivity index (χ3v) is 4.93. The fourth-order valence-corrected chi connectivity index (χ4v) is 3.46. The molecule has 0 saturated heterocycles. The smallest absolute Gasteiger partial charge is 0.0695 e. The number of nitrogens with zero attached hydrogens (tertiary/aromatic N) is 1. The lowest BCUT2D eigenvalue weighted by Gasteiger charge is -2.33. The monoisotopic (exact) mass is 275 g/mol. The zero-order chi connectivity index (χ0) is 14.4. The summed E-state index contributed by atoms with van der Waals surface area (Å²) < 4.78 is 0. The molecule has 2 nitrogen and oxygen atoms in total. The van der Waals surface area contributed by atoms with Crippen molar-refractivity contribution in [2.24, 2.45) is 5.92 Å². The zero-order valence-electron chi connectivity index (χ0n) is 13.0. The van der Waals surface area contributed by atoms with E-state index in [1.54, 1.807) is 0 Å². The third-order valence-electron chi connectivity index (χ3n) is 4.93. The number of aliphatic hydroxyl groups is 1. The van der Waals surface area contributed by atoms with Gasteiger partial charge < -0.3 is 10.0 Å². The van der Waals surface area contributed by atoms with E-state index in [1.807, 2.05) is 0 Å². The summed E-state index contributed by atoms with van der Waals surface area (Å²) in [6.07, 6.45) is 4.64. The molecule has 1 saturated carbocycles. The second-order valence-electron chi connectivity index (χ2n) is 6.08. The normalized spacial score (nSPS) is 24.8. The van der Waals surface area contributed by atoms with Crippen molar-refractivity contribution >= 4 is 0 Å². The highest BCUT2D eigenvalue weighted by atomic mass is 16.3. The van der Waals surface area contributed by atoms with E-state index in [0.717, 1.165) is 19.6 Å². The quantitative estimate of drug-likeness (QED) is 0.856. The maximum Gasteiger partial charge on any atom is 0.0695 e. The van der Waals surface area contributed by atoms with E-state index in [0.29, 0.717) is 11.8 Å². The highest BCUT2D eigenvalue weighted by molar-refractivity contribution is 5.19. The van der Waals surface area contributed by atoms with Crippen LogP contribution >= 0.6 is 0 Å². The lowest BCUT2D eigenvalue weighted by molar-refractivity contribution is 0.0479. The van der Waals surface area contributed by atoms with Crippen molar-refractivity contribution in [3.63, 3.8) is 0 Å². The standard InChI is InChI=1S/C18H29NO/c1-3-19(4-2)14-18(20)17-12-10-16(11-13-17)15-8-6-5-7-9-15/h5-9,16-18,20H,3-4,10-14H2,1-2H3. The Morgan fingerprint density at radius 2 is 1.65 bits per heavy atom. The minimum Gasteiger partial charge on any atom is -0.392 e. The van der Waals surface area contributed by atoms with Crippen LogP contribution in [0.1, 0.15) is 51.0 Å². The molecular weight excluding hydrogens is 246 g/mol. The summed E-state index contributed by atoms with van der Waals surface area (Å²) in [5.41, 5.74) is 1.48. The molecule has 1 N–H and O–H groups in total. The minimum absolute atomic E-state index is 0.147. The van der Waals surface area contributed by atoms with Gasteiger partial charge in [0.2, 0.25) is 0 Å². The van der Waals surface area contributed by atoms with Crippen LogP contribution in [0.4, 0.5) is 0 Å². The first-order chi connectivity index (χ1) is 9.74. The van der Waals surface area contributed by atoms with E-state index in [2.05, 4.69) is 49.1 Å². The van der Waals surface area contributed by atoms with Crippen molar-refractivity contribution in [2.45, 2.75) is 51.6 Å². The maximum atomic E-state index is 10.4. The summed E-state index contributed by atoms with van der Waals surface area (Å²) in [5.74, 6) is 1.20. The van der Waals surface area contributed by atoms with E-state index in [4.69, 9.17) is 0 Å². The highest BCUT2D eigenvalue weighted by Crippen LogP contribution is 2.37. The topological polar surface area (TPSA) is 23.5 Å². The van der Waals surface area contributed by atoms with Crippen molar-refractivity contribution in [3.05, 3.63) is 35.9 Å². The molecule has 1 unspecified atom stereocenters. The third kappa shape index (κ3) is 4.07. The first-order valence-electron chi connectivity index (χ1n) is 8.20. The van der Waals surface area contributed by atoms with Crippen LogP contribution in [0.5, 0.6) is 0 Å². The Bertz CT molecular complexity index is 366. The molecule has 0 radical (unpaired) electrons. The molecule has 0 aromatic heterocycles. The van der Waals surface area contributed by atoms with E-state index in [1.165, 1.54) is 31.2 Å². The van der Waals surface area contributed by atoms with Crippen LogP contribution < -0.4 is 0 Å². The largest absolute Gasteiger partial charge is 0.392 e. The molecular formula is C18H29NO. The molecule has 112 valence electrons. The number of hydrogen-bond donors (Lipinski definition) is 1. The molecule has 1 aromatic rings. The van der Waals surface area contributed by atoms with E-state index in [9.17, 15) is 5.11 Å². The molecule has 20 heavy (non-hydrogen) atoms. The van der Waals surface area contributed by atoms with Gasteiger partial charge in [0.15, 0.2) is 0 Å². The van der Waals surface area contributed by atoms with Gasteiger partial charge >= 0.3 is 0 Å². The average molecular weight is 275 g/mol. The Kier molecular flexibility index (Phi) is 6.06. The Hall–Kier alpha value is -0.860. The molecule has 0 spiro atoms. The van der Waals surface area contributed by atoms with Crippen molar-refractivity contribution in [2.75, 3.05) is 19.6 Å². The van der Waals surface area contributed by atoms with Gasteiger partial charge in [0, 0.05) is 6.54 Å². The van der Waals surface area contributed by atoms with Crippen molar-refractivity contribution < 1.29 is 5.11 Å². The summed E-state index contributed by atoms with van der Waals surface area (Å²) in [5, 5.41) is 10.4. The lowest BCUT2D eigenvalue weighted by Crippen LogP contribution is -2.37. The van der Waals surface area contributed by atoms with E-state index >= 15 is 0 Å². The van der Waals surface area contributed by atoms with Gasteiger partial charge in [-0.25, -0.2) is 0 Å². The van der Waals surface area contributed by atoms with E-state index in [-0.39, 0.29) is 6.10 Å². The SMILES string of the molecule is CCN(CC)CC(O)C1CCC(c2ccccc2)CC1. The van der Waals surface area contributed by atoms with Crippen LogP contribution in [0.15, 0.2) is 30.3 Å². The number of hydrogen-bond acceptors (Lipinski definition) is 2. The summed E-state index contributed by atoms with van der Waals surface area (Å²) in [4.78, 5) is 2.33. The Labute approximate surface area is 123 Å². The molecule has 0 bridgehead atoms. The van der Waals surface area contributed by atoms with Crippen LogP contribution in [-0.4, -0.2) is 35.7 Å². The summed E-state index contributed by atoms with van der Waals surface area (Å²) in [6, 6.07) is 10.9. The van der Waals surface area contributed by atoms with Crippen molar-refractivity contribution in [1.29, 1.82) is 0 Å². The molecule has 1 fully saturated rings. The zero-order valence-corrected chi connectivity index (χ0v) is 13.0. The van der Waals surface area contributed by atoms with Gasteiger partial charge in [-0.15, -0.1) is 0 Å². The summed E-state index contributed by atoms with van der Waals surface area (Å²) >= 11 is 0. The van der Waals surface area contributed by atoms with Gasteiger partial charge in [0.1, 0.15) is 0 Å². The molecule has 0 aliphatic heterocycles.